The summed E-state index contributed by atoms with van der Waals surface area (Å²) < 4.78 is 12.3. The van der Waals surface area contributed by atoms with Crippen LogP contribution in [0.2, 0.25) is 0 Å². The number of amides is 2. The summed E-state index contributed by atoms with van der Waals surface area (Å²) in [6.45, 7) is 3.43. The summed E-state index contributed by atoms with van der Waals surface area (Å²) in [5.41, 5.74) is 0.882. The second-order valence-corrected chi connectivity index (χ2v) is 4.79. The molecule has 0 saturated heterocycles. The predicted molar refractivity (Wildman–Crippen MR) is 84.3 cm³/mol. The number of hydrogen-bond acceptors (Lipinski definition) is 5. The first-order chi connectivity index (χ1) is 11.2. The third kappa shape index (κ3) is 4.60. The van der Waals surface area contributed by atoms with E-state index in [0.29, 0.717) is 30.4 Å². The van der Waals surface area contributed by atoms with E-state index in [9.17, 15) is 4.79 Å². The van der Waals surface area contributed by atoms with E-state index in [2.05, 4.69) is 20.8 Å². The van der Waals surface area contributed by atoms with Gasteiger partial charge in [0.25, 0.3) is 0 Å². The molecule has 0 bridgehead atoms. The fraction of sp³-hybridized carbons (Fsp3) is 0.400. The number of nitrogens with zero attached hydrogens (tertiary/aromatic N) is 3. The number of benzene rings is 1. The number of carbonyl (C=O) groups excluding carboxylic acids is 1. The lowest BCUT2D eigenvalue weighted by molar-refractivity contribution is 0.239. The summed E-state index contributed by atoms with van der Waals surface area (Å²) in [4.78, 5) is 11.9. The summed E-state index contributed by atoms with van der Waals surface area (Å²) >= 11 is 0. The van der Waals surface area contributed by atoms with E-state index in [1.165, 1.54) is 0 Å². The maximum atomic E-state index is 11.9. The summed E-state index contributed by atoms with van der Waals surface area (Å²) in [5, 5.41) is 13.3. The Labute approximate surface area is 134 Å². The summed E-state index contributed by atoms with van der Waals surface area (Å²) in [6, 6.07) is 5.19. The number of methoxy groups -OCH3 is 2. The highest BCUT2D eigenvalue weighted by Gasteiger charge is 2.07. The van der Waals surface area contributed by atoms with Crippen LogP contribution in [0.3, 0.4) is 0 Å². The minimum absolute atomic E-state index is 0.280. The zero-order valence-electron chi connectivity index (χ0n) is 13.5. The van der Waals surface area contributed by atoms with Crippen molar-refractivity contribution in [3.05, 3.63) is 35.9 Å². The number of rotatable bonds is 7. The maximum Gasteiger partial charge on any atom is 0.315 e. The Balaban J connectivity index is 1.87. The van der Waals surface area contributed by atoms with Crippen LogP contribution in [0.4, 0.5) is 4.79 Å². The number of hydrogen-bond donors (Lipinski definition) is 2. The second-order valence-electron chi connectivity index (χ2n) is 4.79. The Kier molecular flexibility index (Phi) is 5.79. The molecule has 0 atom stereocenters. The van der Waals surface area contributed by atoms with Gasteiger partial charge in [0.15, 0.2) is 5.82 Å². The molecule has 2 N–H and O–H groups in total. The van der Waals surface area contributed by atoms with Gasteiger partial charge >= 0.3 is 6.03 Å². The Morgan fingerprint density at radius 1 is 1.13 bits per heavy atom. The van der Waals surface area contributed by atoms with E-state index in [-0.39, 0.29) is 6.03 Å². The molecule has 0 radical (unpaired) electrons. The molecule has 1 aromatic carbocycles. The molecule has 0 unspecified atom stereocenters. The number of ether oxygens (including phenoxy) is 2. The lowest BCUT2D eigenvalue weighted by Gasteiger charge is -2.10. The standard InChI is InChI=1S/C15H21N5O3/c1-4-20-10-18-19-14(20)9-17-15(21)16-8-11-5-12(22-2)7-13(6-11)23-3/h5-7,10H,4,8-9H2,1-3H3,(H2,16,17,21). The van der Waals surface area contributed by atoms with Crippen molar-refractivity contribution in [1.82, 2.24) is 25.4 Å². The zero-order valence-corrected chi connectivity index (χ0v) is 13.5. The molecule has 1 aromatic heterocycles. The van der Waals surface area contributed by atoms with Crippen LogP contribution in [0.25, 0.3) is 0 Å². The molecule has 124 valence electrons. The van der Waals surface area contributed by atoms with Crippen molar-refractivity contribution in [1.29, 1.82) is 0 Å². The largest absolute Gasteiger partial charge is 0.497 e. The lowest BCUT2D eigenvalue weighted by Crippen LogP contribution is -2.35. The second kappa shape index (κ2) is 8.02. The van der Waals surface area contributed by atoms with Crippen LogP contribution in [0.5, 0.6) is 11.5 Å². The van der Waals surface area contributed by atoms with Crippen molar-refractivity contribution in [3.63, 3.8) is 0 Å². The third-order valence-electron chi connectivity index (χ3n) is 3.31. The van der Waals surface area contributed by atoms with Gasteiger partial charge in [-0.3, -0.25) is 0 Å². The number of aryl methyl sites for hydroxylation is 1. The molecular weight excluding hydrogens is 298 g/mol. The van der Waals surface area contributed by atoms with E-state index in [1.54, 1.807) is 26.6 Å². The zero-order chi connectivity index (χ0) is 16.7. The van der Waals surface area contributed by atoms with Crippen molar-refractivity contribution in [3.8, 4) is 11.5 Å². The molecule has 0 fully saturated rings. The molecular formula is C15H21N5O3. The smallest absolute Gasteiger partial charge is 0.315 e. The summed E-state index contributed by atoms with van der Waals surface area (Å²) in [7, 11) is 3.17. The highest BCUT2D eigenvalue weighted by Crippen LogP contribution is 2.22. The van der Waals surface area contributed by atoms with E-state index < -0.39 is 0 Å². The van der Waals surface area contributed by atoms with Gasteiger partial charge in [0.1, 0.15) is 17.8 Å². The van der Waals surface area contributed by atoms with Crippen LogP contribution in [-0.2, 0) is 19.6 Å². The van der Waals surface area contributed by atoms with Crippen LogP contribution in [0.1, 0.15) is 18.3 Å². The molecule has 0 spiro atoms. The maximum absolute atomic E-state index is 11.9. The van der Waals surface area contributed by atoms with Gasteiger partial charge in [0.2, 0.25) is 0 Å². The van der Waals surface area contributed by atoms with E-state index in [0.717, 1.165) is 12.1 Å². The van der Waals surface area contributed by atoms with Crippen molar-refractivity contribution < 1.29 is 14.3 Å². The predicted octanol–water partition coefficient (Wildman–Crippen LogP) is 1.31. The highest BCUT2D eigenvalue weighted by atomic mass is 16.5. The first-order valence-corrected chi connectivity index (χ1v) is 7.26. The first-order valence-electron chi connectivity index (χ1n) is 7.26. The van der Waals surface area contributed by atoms with Crippen molar-refractivity contribution in [2.24, 2.45) is 0 Å². The Morgan fingerprint density at radius 3 is 2.39 bits per heavy atom. The van der Waals surface area contributed by atoms with Gasteiger partial charge < -0.3 is 24.7 Å². The number of nitrogens with one attached hydrogen (secondary N) is 2. The number of carbonyl (C=O) groups is 1. The van der Waals surface area contributed by atoms with Crippen LogP contribution in [0.15, 0.2) is 24.5 Å². The normalized spacial score (nSPS) is 10.2. The average molecular weight is 319 g/mol. The quantitative estimate of drug-likeness (QED) is 0.803. The van der Waals surface area contributed by atoms with E-state index in [4.69, 9.17) is 9.47 Å². The topological polar surface area (TPSA) is 90.3 Å². The Hall–Kier alpha value is -2.77. The SMILES string of the molecule is CCn1cnnc1CNC(=O)NCc1cc(OC)cc(OC)c1. The molecule has 0 aliphatic carbocycles. The first kappa shape index (κ1) is 16.6. The Morgan fingerprint density at radius 2 is 1.78 bits per heavy atom. The molecule has 23 heavy (non-hydrogen) atoms. The van der Waals surface area contributed by atoms with Crippen molar-refractivity contribution >= 4 is 6.03 Å². The van der Waals surface area contributed by atoms with Gasteiger partial charge in [-0.2, -0.15) is 0 Å². The van der Waals surface area contributed by atoms with Crippen LogP contribution >= 0.6 is 0 Å². The van der Waals surface area contributed by atoms with Gasteiger partial charge in [-0.05, 0) is 24.6 Å². The molecule has 1 heterocycles. The highest BCUT2D eigenvalue weighted by molar-refractivity contribution is 5.73. The van der Waals surface area contributed by atoms with Gasteiger partial charge in [-0.25, -0.2) is 4.79 Å². The van der Waals surface area contributed by atoms with Crippen LogP contribution in [0, 0.1) is 0 Å². The minimum Gasteiger partial charge on any atom is -0.497 e. The molecule has 2 rings (SSSR count). The summed E-state index contributed by atoms with van der Waals surface area (Å²) in [5.74, 6) is 2.07. The van der Waals surface area contributed by atoms with Gasteiger partial charge in [-0.15, -0.1) is 10.2 Å². The van der Waals surface area contributed by atoms with Crippen LogP contribution < -0.4 is 20.1 Å². The van der Waals surface area contributed by atoms with Crippen molar-refractivity contribution in [2.45, 2.75) is 26.6 Å². The summed E-state index contributed by atoms with van der Waals surface area (Å²) in [6.07, 6.45) is 1.64. The van der Waals surface area contributed by atoms with Gasteiger partial charge in [0.05, 0.1) is 20.8 Å². The van der Waals surface area contributed by atoms with E-state index >= 15 is 0 Å². The molecule has 2 aromatic rings. The number of urea groups is 1. The number of aromatic nitrogens is 3. The molecule has 8 nitrogen and oxygen atoms in total. The minimum atomic E-state index is -0.280. The molecule has 0 saturated carbocycles. The van der Waals surface area contributed by atoms with Gasteiger partial charge in [-0.1, -0.05) is 0 Å². The van der Waals surface area contributed by atoms with Gasteiger partial charge in [0, 0.05) is 19.2 Å². The molecule has 8 heteroatoms. The lowest BCUT2D eigenvalue weighted by atomic mass is 10.2. The fourth-order valence-electron chi connectivity index (χ4n) is 2.05. The molecule has 0 aliphatic rings. The monoisotopic (exact) mass is 319 g/mol. The molecule has 0 aliphatic heterocycles. The Bertz CT molecular complexity index is 634. The third-order valence-corrected chi connectivity index (χ3v) is 3.31. The van der Waals surface area contributed by atoms with E-state index in [1.807, 2.05) is 23.6 Å². The van der Waals surface area contributed by atoms with Crippen LogP contribution in [-0.4, -0.2) is 35.0 Å². The molecule has 2 amide bonds. The average Bonchev–Trinajstić information content (AvgIpc) is 3.05. The van der Waals surface area contributed by atoms with Crippen molar-refractivity contribution in [2.75, 3.05) is 14.2 Å². The fourth-order valence-corrected chi connectivity index (χ4v) is 2.05.